The number of pyridine rings is 1. The Balaban J connectivity index is 1.63. The van der Waals surface area contributed by atoms with Gasteiger partial charge in [0.1, 0.15) is 10.7 Å². The molecule has 0 spiro atoms. The van der Waals surface area contributed by atoms with Gasteiger partial charge < -0.3 is 4.90 Å². The minimum Gasteiger partial charge on any atom is -0.329 e. The molecule has 1 aliphatic rings. The zero-order valence-electron chi connectivity index (χ0n) is 15.7. The summed E-state index contributed by atoms with van der Waals surface area (Å²) in [6.07, 6.45) is 4.75. The Morgan fingerprint density at radius 3 is 2.71 bits per heavy atom. The number of likely N-dealkylation sites (tertiary alicyclic amines) is 1. The Hall–Kier alpha value is -2.86. The fourth-order valence-corrected chi connectivity index (χ4v) is 4.51. The van der Waals surface area contributed by atoms with Crippen LogP contribution >= 0.6 is 11.3 Å². The highest BCUT2D eigenvalue weighted by Gasteiger charge is 2.30. The molecule has 0 N–H and O–H groups in total. The van der Waals surface area contributed by atoms with E-state index in [2.05, 4.69) is 9.97 Å². The summed E-state index contributed by atoms with van der Waals surface area (Å²) < 4.78 is 0. The predicted octanol–water partition coefficient (Wildman–Crippen LogP) is 4.78. The molecule has 0 radical (unpaired) electrons. The molecule has 1 saturated heterocycles. The van der Waals surface area contributed by atoms with E-state index in [0.717, 1.165) is 30.5 Å². The Morgan fingerprint density at radius 1 is 1.11 bits per heavy atom. The van der Waals surface area contributed by atoms with Crippen LogP contribution in [0.25, 0.3) is 10.6 Å². The van der Waals surface area contributed by atoms with E-state index in [0.29, 0.717) is 22.8 Å². The number of rotatable bonds is 4. The van der Waals surface area contributed by atoms with Crippen molar-refractivity contribution in [3.63, 3.8) is 0 Å². The highest BCUT2D eigenvalue weighted by Crippen LogP contribution is 2.33. The van der Waals surface area contributed by atoms with E-state index in [9.17, 15) is 9.59 Å². The molecule has 1 fully saturated rings. The van der Waals surface area contributed by atoms with Crippen LogP contribution in [0, 0.1) is 0 Å². The number of amides is 1. The number of ketones is 1. The average Bonchev–Trinajstić information content (AvgIpc) is 3.24. The third-order valence-electron chi connectivity index (χ3n) is 5.05. The summed E-state index contributed by atoms with van der Waals surface area (Å²) in [7, 11) is 0. The fourth-order valence-electron chi connectivity index (χ4n) is 3.67. The van der Waals surface area contributed by atoms with Gasteiger partial charge in [0.15, 0.2) is 5.78 Å². The predicted molar refractivity (Wildman–Crippen MR) is 109 cm³/mol. The summed E-state index contributed by atoms with van der Waals surface area (Å²) in [4.78, 5) is 36.1. The van der Waals surface area contributed by atoms with Gasteiger partial charge in [-0.05, 0) is 38.3 Å². The molecule has 28 heavy (non-hydrogen) atoms. The quantitative estimate of drug-likeness (QED) is 0.601. The Labute approximate surface area is 168 Å². The maximum Gasteiger partial charge on any atom is 0.273 e. The molecule has 3 aromatic rings. The van der Waals surface area contributed by atoms with Crippen molar-refractivity contribution >= 4 is 23.0 Å². The van der Waals surface area contributed by atoms with Crippen molar-refractivity contribution in [2.75, 3.05) is 6.54 Å². The van der Waals surface area contributed by atoms with Gasteiger partial charge in [0.25, 0.3) is 5.91 Å². The van der Waals surface area contributed by atoms with Crippen molar-refractivity contribution < 1.29 is 9.59 Å². The van der Waals surface area contributed by atoms with Crippen LogP contribution in [0.3, 0.4) is 0 Å². The summed E-state index contributed by atoms with van der Waals surface area (Å²) in [5, 5.41) is 2.49. The van der Waals surface area contributed by atoms with Crippen LogP contribution in [0.2, 0.25) is 0 Å². The first-order valence-electron chi connectivity index (χ1n) is 9.43. The van der Waals surface area contributed by atoms with Crippen molar-refractivity contribution in [1.29, 1.82) is 0 Å². The zero-order chi connectivity index (χ0) is 19.5. The molecule has 0 aliphatic carbocycles. The molecular weight excluding hydrogens is 370 g/mol. The largest absolute Gasteiger partial charge is 0.329 e. The maximum absolute atomic E-state index is 13.2. The van der Waals surface area contributed by atoms with E-state index < -0.39 is 0 Å². The summed E-state index contributed by atoms with van der Waals surface area (Å²) in [5.74, 6) is -0.0805. The molecule has 0 unspecified atom stereocenters. The standard InChI is InChI=1S/C22H21N3O2S/c1-15(26)16-8-2-3-9-17(16)21-24-19(14-28-21)22(27)25-13-7-5-11-20(25)18-10-4-6-12-23-18/h2-4,6,8-10,12,14,20H,5,7,11,13H2,1H3/t20-/m0/s1. The lowest BCUT2D eigenvalue weighted by Gasteiger charge is -2.35. The second kappa shape index (κ2) is 8.02. The summed E-state index contributed by atoms with van der Waals surface area (Å²) in [6, 6.07) is 13.2. The Kier molecular flexibility index (Phi) is 5.30. The number of carbonyl (C=O) groups excluding carboxylic acids is 2. The molecule has 3 heterocycles. The van der Waals surface area contributed by atoms with Crippen LogP contribution in [-0.4, -0.2) is 33.1 Å². The van der Waals surface area contributed by atoms with Gasteiger partial charge in [0.05, 0.1) is 11.7 Å². The summed E-state index contributed by atoms with van der Waals surface area (Å²) in [5.41, 5.74) is 2.76. The van der Waals surface area contributed by atoms with Gasteiger partial charge in [-0.2, -0.15) is 0 Å². The zero-order valence-corrected chi connectivity index (χ0v) is 16.5. The Bertz CT molecular complexity index is 1000. The first kappa shape index (κ1) is 18.5. The van der Waals surface area contributed by atoms with Gasteiger partial charge in [-0.3, -0.25) is 14.6 Å². The number of hydrogen-bond acceptors (Lipinski definition) is 5. The molecule has 1 aromatic carbocycles. The number of aromatic nitrogens is 2. The Morgan fingerprint density at radius 2 is 1.93 bits per heavy atom. The van der Waals surface area contributed by atoms with Crippen LogP contribution < -0.4 is 0 Å². The van der Waals surface area contributed by atoms with E-state index in [4.69, 9.17) is 0 Å². The van der Waals surface area contributed by atoms with Crippen LogP contribution in [-0.2, 0) is 0 Å². The molecule has 0 bridgehead atoms. The molecule has 2 aromatic heterocycles. The second-order valence-electron chi connectivity index (χ2n) is 6.90. The number of thiazole rings is 1. The summed E-state index contributed by atoms with van der Waals surface area (Å²) in [6.45, 7) is 2.25. The van der Waals surface area contributed by atoms with Crippen LogP contribution in [0.5, 0.6) is 0 Å². The second-order valence-corrected chi connectivity index (χ2v) is 7.76. The molecule has 1 amide bonds. The number of hydrogen-bond donors (Lipinski definition) is 0. The number of Topliss-reactive ketones (excluding diaryl/α,β-unsaturated/α-hetero) is 1. The lowest BCUT2D eigenvalue weighted by Crippen LogP contribution is -2.39. The third-order valence-corrected chi connectivity index (χ3v) is 5.93. The molecule has 0 saturated carbocycles. The van der Waals surface area contributed by atoms with Crippen LogP contribution in [0.1, 0.15) is 58.8 Å². The molecule has 1 aliphatic heterocycles. The van der Waals surface area contributed by atoms with E-state index in [1.165, 1.54) is 11.3 Å². The highest BCUT2D eigenvalue weighted by atomic mass is 32.1. The SMILES string of the molecule is CC(=O)c1ccccc1-c1nc(C(=O)N2CCCC[C@H]2c2ccccn2)cs1. The first-order chi connectivity index (χ1) is 13.6. The van der Waals surface area contributed by atoms with Gasteiger partial charge in [0, 0.05) is 29.2 Å². The summed E-state index contributed by atoms with van der Waals surface area (Å²) >= 11 is 1.40. The van der Waals surface area contributed by atoms with Crippen molar-refractivity contribution in [2.45, 2.75) is 32.2 Å². The number of nitrogens with zero attached hydrogens (tertiary/aromatic N) is 3. The molecule has 142 valence electrons. The fraction of sp³-hybridized carbons (Fsp3) is 0.273. The van der Waals surface area contributed by atoms with E-state index in [-0.39, 0.29) is 17.7 Å². The average molecular weight is 391 g/mol. The van der Waals surface area contributed by atoms with Crippen LogP contribution in [0.15, 0.2) is 54.0 Å². The molecule has 5 nitrogen and oxygen atoms in total. The lowest BCUT2D eigenvalue weighted by molar-refractivity contribution is 0.0601. The first-order valence-corrected chi connectivity index (χ1v) is 10.3. The molecule has 6 heteroatoms. The van der Waals surface area contributed by atoms with Gasteiger partial charge in [-0.25, -0.2) is 4.98 Å². The maximum atomic E-state index is 13.2. The van der Waals surface area contributed by atoms with E-state index >= 15 is 0 Å². The molecular formula is C22H21N3O2S. The minimum absolute atomic E-state index is 0.00933. The normalized spacial score (nSPS) is 16.8. The van der Waals surface area contributed by atoms with Crippen molar-refractivity contribution in [3.05, 3.63) is 71.0 Å². The van der Waals surface area contributed by atoms with E-state index in [1.54, 1.807) is 24.6 Å². The molecule has 4 rings (SSSR count). The topological polar surface area (TPSA) is 63.2 Å². The van der Waals surface area contributed by atoms with Crippen molar-refractivity contribution in [1.82, 2.24) is 14.9 Å². The van der Waals surface area contributed by atoms with Gasteiger partial charge >= 0.3 is 0 Å². The minimum atomic E-state index is -0.0711. The third kappa shape index (κ3) is 3.60. The van der Waals surface area contributed by atoms with Gasteiger partial charge in [-0.15, -0.1) is 11.3 Å². The van der Waals surface area contributed by atoms with Gasteiger partial charge in [0.2, 0.25) is 0 Å². The number of piperidine rings is 1. The van der Waals surface area contributed by atoms with Gasteiger partial charge in [-0.1, -0.05) is 30.3 Å². The highest BCUT2D eigenvalue weighted by molar-refractivity contribution is 7.13. The smallest absolute Gasteiger partial charge is 0.273 e. The molecule has 1 atom stereocenters. The lowest BCUT2D eigenvalue weighted by atomic mass is 9.98. The number of benzene rings is 1. The monoisotopic (exact) mass is 391 g/mol. The van der Waals surface area contributed by atoms with Crippen molar-refractivity contribution in [3.8, 4) is 10.6 Å². The van der Waals surface area contributed by atoms with Crippen LogP contribution in [0.4, 0.5) is 0 Å². The number of carbonyl (C=O) groups is 2. The van der Waals surface area contributed by atoms with Crippen molar-refractivity contribution in [2.24, 2.45) is 0 Å². The van der Waals surface area contributed by atoms with E-state index in [1.807, 2.05) is 41.3 Å².